The first kappa shape index (κ1) is 34.1. The van der Waals surface area contributed by atoms with Gasteiger partial charge in [0.05, 0.1) is 0 Å². The van der Waals surface area contributed by atoms with Gasteiger partial charge in [-0.3, -0.25) is 0 Å². The van der Waals surface area contributed by atoms with Crippen LogP contribution in [-0.2, 0) is 0 Å². The van der Waals surface area contributed by atoms with E-state index in [0.29, 0.717) is 0 Å². The summed E-state index contributed by atoms with van der Waals surface area (Å²) in [5, 5.41) is 3.90. The number of aromatic amines is 1. The Kier molecular flexibility index (Phi) is 24.6. The molecule has 0 saturated carbocycles. The number of nitrogens with one attached hydrogen (secondary N) is 1. The average Bonchev–Trinajstić information content (AvgIpc) is 3.24. The third-order valence-electron chi connectivity index (χ3n) is 3.62. The molecule has 0 unspecified atom stereocenters. The van der Waals surface area contributed by atoms with E-state index in [0.717, 1.165) is 5.92 Å². The van der Waals surface area contributed by atoms with E-state index in [1.54, 1.807) is 0 Å². The summed E-state index contributed by atoms with van der Waals surface area (Å²) >= 11 is 0. The van der Waals surface area contributed by atoms with E-state index < -0.39 is 0 Å². The van der Waals surface area contributed by atoms with E-state index in [1.165, 1.54) is 40.9 Å². The molecule has 1 N–H and O–H groups in total. The molecule has 180 valence electrons. The van der Waals surface area contributed by atoms with Gasteiger partial charge >= 0.3 is 0 Å². The molecule has 0 fully saturated rings. The smallest absolute Gasteiger partial charge is 0.0453 e. The van der Waals surface area contributed by atoms with Crippen LogP contribution in [0.4, 0.5) is 0 Å². The molecule has 1 heteroatoms. The van der Waals surface area contributed by atoms with E-state index in [4.69, 9.17) is 0 Å². The summed E-state index contributed by atoms with van der Waals surface area (Å²) in [6.07, 6.45) is 5.84. The minimum Gasteiger partial charge on any atom is -0.361 e. The number of fused-ring (bicyclic) bond motifs is 2. The second kappa shape index (κ2) is 23.1. The van der Waals surface area contributed by atoms with Crippen molar-refractivity contribution in [3.05, 3.63) is 85.1 Å². The van der Waals surface area contributed by atoms with Crippen molar-refractivity contribution in [1.82, 2.24) is 4.98 Å². The molecule has 1 heterocycles. The van der Waals surface area contributed by atoms with Gasteiger partial charge in [-0.15, -0.1) is 0 Å². The van der Waals surface area contributed by atoms with Crippen LogP contribution in [-0.4, -0.2) is 4.98 Å². The lowest BCUT2D eigenvalue weighted by molar-refractivity contribution is 0.737. The fraction of sp³-hybridized carbons (Fsp3) is 0.419. The van der Waals surface area contributed by atoms with E-state index >= 15 is 0 Å². The molecule has 4 aromatic rings. The van der Waals surface area contributed by atoms with Crippen molar-refractivity contribution in [1.29, 1.82) is 0 Å². The molecular weight excluding hydrogens is 386 g/mol. The third kappa shape index (κ3) is 17.2. The van der Waals surface area contributed by atoms with Crippen molar-refractivity contribution in [2.24, 2.45) is 5.92 Å². The van der Waals surface area contributed by atoms with E-state index in [1.807, 2.05) is 18.3 Å². The maximum Gasteiger partial charge on any atom is 0.0453 e. The molecule has 4 rings (SSSR count). The van der Waals surface area contributed by atoms with Crippen LogP contribution >= 0.6 is 0 Å². The van der Waals surface area contributed by atoms with Gasteiger partial charge in [0.15, 0.2) is 0 Å². The van der Waals surface area contributed by atoms with Crippen LogP contribution in [0.2, 0.25) is 0 Å². The highest BCUT2D eigenvalue weighted by atomic mass is 14.7. The Hall–Kier alpha value is -2.54. The SMILES string of the molecule is C.C.CC(C)C.CCC.CCCC.c1ccc2[nH]ccc2c1.c1ccc2ccccc2c1. The molecule has 0 spiro atoms. The Balaban J connectivity index is -0.000000353. The van der Waals surface area contributed by atoms with Crippen LogP contribution in [0.3, 0.4) is 0 Å². The maximum absolute atomic E-state index is 3.12. The Morgan fingerprint density at radius 3 is 1.19 bits per heavy atom. The van der Waals surface area contributed by atoms with Crippen molar-refractivity contribution >= 4 is 21.7 Å². The Labute approximate surface area is 200 Å². The van der Waals surface area contributed by atoms with Crippen LogP contribution < -0.4 is 0 Å². The largest absolute Gasteiger partial charge is 0.361 e. The highest BCUT2D eigenvalue weighted by molar-refractivity contribution is 5.82. The van der Waals surface area contributed by atoms with Crippen molar-refractivity contribution in [3.63, 3.8) is 0 Å². The fourth-order valence-electron chi connectivity index (χ4n) is 2.13. The Morgan fingerprint density at radius 2 is 0.875 bits per heavy atom. The monoisotopic (exact) mass is 437 g/mol. The number of aromatic nitrogens is 1. The van der Waals surface area contributed by atoms with E-state index in [-0.39, 0.29) is 14.9 Å². The van der Waals surface area contributed by atoms with Crippen LogP contribution in [0.1, 0.15) is 82.6 Å². The summed E-state index contributed by atoms with van der Waals surface area (Å²) < 4.78 is 0. The van der Waals surface area contributed by atoms with Gasteiger partial charge in [0.25, 0.3) is 0 Å². The van der Waals surface area contributed by atoms with E-state index in [9.17, 15) is 0 Å². The number of rotatable bonds is 1. The van der Waals surface area contributed by atoms with E-state index in [2.05, 4.69) is 120 Å². The van der Waals surface area contributed by atoms with Crippen LogP contribution in [0, 0.1) is 5.92 Å². The molecule has 0 aliphatic rings. The molecule has 0 radical (unpaired) electrons. The first-order valence-electron chi connectivity index (χ1n) is 11.5. The predicted molar refractivity (Wildman–Crippen MR) is 153 cm³/mol. The fourth-order valence-corrected chi connectivity index (χ4v) is 2.13. The zero-order valence-electron chi connectivity index (χ0n) is 20.3. The summed E-state index contributed by atoms with van der Waals surface area (Å²) in [7, 11) is 0. The summed E-state index contributed by atoms with van der Waals surface area (Å²) in [4.78, 5) is 3.12. The van der Waals surface area contributed by atoms with Gasteiger partial charge in [-0.2, -0.15) is 0 Å². The zero-order valence-corrected chi connectivity index (χ0v) is 20.3. The Bertz CT molecular complexity index is 773. The van der Waals surface area contributed by atoms with Gasteiger partial charge in [-0.1, -0.05) is 149 Å². The number of benzene rings is 3. The number of para-hydroxylation sites is 1. The van der Waals surface area contributed by atoms with Gasteiger partial charge in [-0.25, -0.2) is 0 Å². The molecule has 32 heavy (non-hydrogen) atoms. The summed E-state index contributed by atoms with van der Waals surface area (Å²) in [5.74, 6) is 0.833. The molecule has 0 bridgehead atoms. The van der Waals surface area contributed by atoms with Gasteiger partial charge in [0, 0.05) is 11.7 Å². The average molecular weight is 438 g/mol. The molecule has 0 amide bonds. The van der Waals surface area contributed by atoms with Crippen LogP contribution in [0.5, 0.6) is 0 Å². The van der Waals surface area contributed by atoms with Crippen molar-refractivity contribution in [2.75, 3.05) is 0 Å². The minimum absolute atomic E-state index is 0. The third-order valence-corrected chi connectivity index (χ3v) is 3.62. The van der Waals surface area contributed by atoms with Crippen molar-refractivity contribution in [3.8, 4) is 0 Å². The molecular formula is C31H51N. The minimum atomic E-state index is 0. The lowest BCUT2D eigenvalue weighted by Gasteiger charge is -1.92. The topological polar surface area (TPSA) is 15.8 Å². The second-order valence-electron chi connectivity index (χ2n) is 7.85. The second-order valence-corrected chi connectivity index (χ2v) is 7.85. The lowest BCUT2D eigenvalue weighted by Crippen LogP contribution is -1.67. The van der Waals surface area contributed by atoms with Crippen LogP contribution in [0.15, 0.2) is 85.1 Å². The zero-order chi connectivity index (χ0) is 22.6. The summed E-state index contributed by atoms with van der Waals surface area (Å²) in [6.45, 7) is 15.1. The van der Waals surface area contributed by atoms with Crippen molar-refractivity contribution < 1.29 is 0 Å². The predicted octanol–water partition coefficient (Wildman–Crippen LogP) is 11.2. The molecule has 0 aliphatic heterocycles. The number of hydrogen-bond donors (Lipinski definition) is 1. The number of hydrogen-bond acceptors (Lipinski definition) is 0. The highest BCUT2D eigenvalue weighted by Gasteiger charge is 1.87. The van der Waals surface area contributed by atoms with Gasteiger partial charge in [0.2, 0.25) is 0 Å². The summed E-state index contributed by atoms with van der Waals surface area (Å²) in [6, 6.07) is 27.0. The first-order chi connectivity index (χ1) is 14.5. The molecule has 0 saturated heterocycles. The Morgan fingerprint density at radius 1 is 0.562 bits per heavy atom. The van der Waals surface area contributed by atoms with Gasteiger partial charge in [-0.05, 0) is 34.2 Å². The van der Waals surface area contributed by atoms with Gasteiger partial charge in [0.1, 0.15) is 0 Å². The number of H-pyrrole nitrogens is 1. The quantitative estimate of drug-likeness (QED) is 0.305. The first-order valence-corrected chi connectivity index (χ1v) is 11.5. The molecule has 1 nitrogen and oxygen atoms in total. The maximum atomic E-state index is 3.12. The van der Waals surface area contributed by atoms with Crippen LogP contribution in [0.25, 0.3) is 21.7 Å². The molecule has 0 aliphatic carbocycles. The van der Waals surface area contributed by atoms with Crippen molar-refractivity contribution in [2.45, 2.75) is 82.6 Å². The summed E-state index contributed by atoms with van der Waals surface area (Å²) in [5.41, 5.74) is 1.21. The van der Waals surface area contributed by atoms with Gasteiger partial charge < -0.3 is 4.98 Å². The standard InChI is InChI=1S/C10H8.C8H7N.2C4H10.C3H8.2CH4/c1-2-6-10-8-4-3-7-9(10)5-1;1-2-4-8-7(3-1)5-6-9-8;1-4(2)3;1-3-4-2;1-3-2;;/h1-8H;1-6,9H;4H,1-3H3;3-4H2,1-2H3;3H2,1-2H3;2*1H4. The molecule has 1 aromatic heterocycles. The normalized spacial score (nSPS) is 8.62. The lowest BCUT2D eigenvalue weighted by atomic mass is 10.1. The number of unbranched alkanes of at least 4 members (excludes halogenated alkanes) is 1. The molecule has 3 aromatic carbocycles. The molecule has 0 atom stereocenters. The highest BCUT2D eigenvalue weighted by Crippen LogP contribution is 2.11.